The van der Waals surface area contributed by atoms with E-state index in [1.165, 1.54) is 18.2 Å². The van der Waals surface area contributed by atoms with Crippen LogP contribution in [0.15, 0.2) is 42.9 Å². The number of carbonyl (C=O) groups is 1. The van der Waals surface area contributed by atoms with Crippen molar-refractivity contribution in [1.29, 1.82) is 0 Å². The number of amides is 1. The average Bonchev–Trinajstić information content (AvgIpc) is 3.13. The Morgan fingerprint density at radius 3 is 2.56 bits per heavy atom. The van der Waals surface area contributed by atoms with Crippen LogP contribution in [0.25, 0.3) is 28.2 Å². The zero-order chi connectivity index (χ0) is 23.0. The largest absolute Gasteiger partial charge is 0.494 e. The first kappa shape index (κ1) is 21.2. The van der Waals surface area contributed by atoms with Gasteiger partial charge in [0, 0.05) is 12.3 Å². The van der Waals surface area contributed by atoms with E-state index in [1.807, 2.05) is 0 Å². The third-order valence-corrected chi connectivity index (χ3v) is 4.46. The van der Waals surface area contributed by atoms with Crippen LogP contribution in [0, 0.1) is 5.82 Å². The first-order valence-corrected chi connectivity index (χ1v) is 9.20. The number of hydrogen-bond acceptors (Lipinski definition) is 6. The number of rotatable bonds is 5. The molecule has 12 heteroatoms. The Balaban J connectivity index is 1.83. The van der Waals surface area contributed by atoms with Crippen LogP contribution < -0.4 is 10.5 Å². The third kappa shape index (κ3) is 3.70. The number of fused-ring (bicyclic) bond motifs is 1. The van der Waals surface area contributed by atoms with Gasteiger partial charge in [0.15, 0.2) is 11.6 Å². The lowest BCUT2D eigenvalue weighted by Gasteiger charge is -2.11. The summed E-state index contributed by atoms with van der Waals surface area (Å²) in [6.45, 7) is 2.09. The molecule has 0 bridgehead atoms. The molecule has 0 unspecified atom stereocenters. The summed E-state index contributed by atoms with van der Waals surface area (Å²) >= 11 is 0. The summed E-state index contributed by atoms with van der Waals surface area (Å²) in [6, 6.07) is 5.43. The molecule has 0 radical (unpaired) electrons. The zero-order valence-corrected chi connectivity index (χ0v) is 16.4. The van der Waals surface area contributed by atoms with Crippen LogP contribution in [0.4, 0.5) is 17.6 Å². The van der Waals surface area contributed by atoms with E-state index in [-0.39, 0.29) is 28.2 Å². The van der Waals surface area contributed by atoms with Crippen molar-refractivity contribution < 1.29 is 27.1 Å². The second-order valence-corrected chi connectivity index (χ2v) is 6.50. The number of carbonyl (C=O) groups excluding carboxylic acids is 1. The van der Waals surface area contributed by atoms with Crippen LogP contribution in [-0.4, -0.2) is 37.0 Å². The monoisotopic (exact) mass is 446 g/mol. The van der Waals surface area contributed by atoms with Crippen molar-refractivity contribution in [2.24, 2.45) is 5.73 Å². The van der Waals surface area contributed by atoms with Crippen LogP contribution in [0.2, 0.25) is 0 Å². The topological polar surface area (TPSA) is 109 Å². The van der Waals surface area contributed by atoms with Crippen LogP contribution in [0.3, 0.4) is 0 Å². The molecule has 32 heavy (non-hydrogen) atoms. The van der Waals surface area contributed by atoms with Gasteiger partial charge in [0.2, 0.25) is 5.82 Å². The summed E-state index contributed by atoms with van der Waals surface area (Å²) in [6.07, 6.45) is -1.55. The van der Waals surface area contributed by atoms with Gasteiger partial charge in [-0.25, -0.2) is 19.3 Å². The van der Waals surface area contributed by atoms with Crippen molar-refractivity contribution in [3.8, 4) is 23.0 Å². The lowest BCUT2D eigenvalue weighted by Crippen LogP contribution is -2.15. The number of pyridine rings is 1. The minimum Gasteiger partial charge on any atom is -0.494 e. The molecule has 3 heterocycles. The first-order chi connectivity index (χ1) is 15.2. The Kier molecular flexibility index (Phi) is 5.20. The zero-order valence-electron chi connectivity index (χ0n) is 16.4. The lowest BCUT2D eigenvalue weighted by atomic mass is 10.1. The second-order valence-electron chi connectivity index (χ2n) is 6.50. The fourth-order valence-corrected chi connectivity index (χ4v) is 3.11. The Bertz CT molecular complexity index is 1320. The minimum absolute atomic E-state index is 0.0519. The number of nitrogens with two attached hydrogens (primary N) is 1. The molecule has 8 nitrogen and oxygen atoms in total. The van der Waals surface area contributed by atoms with Gasteiger partial charge in [0.05, 0.1) is 35.6 Å². The molecule has 1 aromatic carbocycles. The molecule has 0 atom stereocenters. The molecule has 4 rings (SSSR count). The molecule has 2 N–H and O–H groups in total. The van der Waals surface area contributed by atoms with Crippen molar-refractivity contribution in [2.45, 2.75) is 13.1 Å². The molecule has 0 fully saturated rings. The van der Waals surface area contributed by atoms with E-state index in [9.17, 15) is 22.4 Å². The molecule has 4 aromatic rings. The van der Waals surface area contributed by atoms with Crippen molar-refractivity contribution in [3.63, 3.8) is 0 Å². The molecule has 0 saturated heterocycles. The summed E-state index contributed by atoms with van der Waals surface area (Å²) < 4.78 is 61.6. The second kappa shape index (κ2) is 7.87. The Labute approximate surface area is 177 Å². The highest BCUT2D eigenvalue weighted by atomic mass is 19.4. The number of benzene rings is 1. The molecule has 3 aromatic heterocycles. The summed E-state index contributed by atoms with van der Waals surface area (Å²) in [5.74, 6) is -3.03. The fraction of sp³-hybridized carbons (Fsp3) is 0.150. The molecule has 0 aliphatic rings. The number of imidazole rings is 1. The number of primary amides is 1. The van der Waals surface area contributed by atoms with E-state index in [4.69, 9.17) is 10.5 Å². The van der Waals surface area contributed by atoms with Gasteiger partial charge >= 0.3 is 6.18 Å². The van der Waals surface area contributed by atoms with Gasteiger partial charge in [-0.1, -0.05) is 0 Å². The maximum Gasteiger partial charge on any atom is 0.450 e. The molecule has 0 aliphatic heterocycles. The number of alkyl halides is 3. The van der Waals surface area contributed by atoms with Crippen molar-refractivity contribution in [3.05, 3.63) is 60.1 Å². The SMILES string of the molecule is CCOc1ccc2c(c1)nc(C(F)(F)F)n2-c1cnc(-c2nccc(C(N)=O)c2F)cn1. The lowest BCUT2D eigenvalue weighted by molar-refractivity contribution is -0.145. The average molecular weight is 446 g/mol. The first-order valence-electron chi connectivity index (χ1n) is 9.20. The third-order valence-electron chi connectivity index (χ3n) is 4.46. The fourth-order valence-electron chi connectivity index (χ4n) is 3.11. The summed E-state index contributed by atoms with van der Waals surface area (Å²) in [5.41, 5.74) is 4.50. The number of nitrogens with zero attached hydrogens (tertiary/aromatic N) is 5. The Morgan fingerprint density at radius 1 is 1.16 bits per heavy atom. The smallest absolute Gasteiger partial charge is 0.450 e. The molecular weight excluding hydrogens is 432 g/mol. The van der Waals surface area contributed by atoms with E-state index in [0.717, 1.165) is 29.2 Å². The summed E-state index contributed by atoms with van der Waals surface area (Å²) in [4.78, 5) is 26.8. The van der Waals surface area contributed by atoms with Gasteiger partial charge in [-0.15, -0.1) is 0 Å². The van der Waals surface area contributed by atoms with Gasteiger partial charge in [-0.05, 0) is 25.1 Å². The maximum atomic E-state index is 14.5. The molecular formula is C20H14F4N6O2. The Hall–Kier alpha value is -4.09. The molecule has 164 valence electrons. The van der Waals surface area contributed by atoms with Gasteiger partial charge in [0.25, 0.3) is 5.91 Å². The van der Waals surface area contributed by atoms with Gasteiger partial charge in [0.1, 0.15) is 17.1 Å². The number of aromatic nitrogens is 5. The normalized spacial score (nSPS) is 11.7. The van der Waals surface area contributed by atoms with E-state index in [2.05, 4.69) is 19.9 Å². The highest BCUT2D eigenvalue weighted by Crippen LogP contribution is 2.34. The van der Waals surface area contributed by atoms with Crippen molar-refractivity contribution >= 4 is 16.9 Å². The van der Waals surface area contributed by atoms with Gasteiger partial charge in [-0.2, -0.15) is 13.2 Å². The molecule has 1 amide bonds. The van der Waals surface area contributed by atoms with E-state index < -0.39 is 29.3 Å². The summed E-state index contributed by atoms with van der Waals surface area (Å²) in [7, 11) is 0. The molecule has 0 aliphatic carbocycles. The number of ether oxygens (including phenoxy) is 1. The van der Waals surface area contributed by atoms with Crippen molar-refractivity contribution in [2.75, 3.05) is 6.61 Å². The molecule has 0 saturated carbocycles. The van der Waals surface area contributed by atoms with Crippen LogP contribution >= 0.6 is 0 Å². The van der Waals surface area contributed by atoms with E-state index in [1.54, 1.807) is 6.92 Å². The van der Waals surface area contributed by atoms with Crippen LogP contribution in [-0.2, 0) is 6.18 Å². The van der Waals surface area contributed by atoms with Crippen LogP contribution in [0.5, 0.6) is 5.75 Å². The molecule has 0 spiro atoms. The number of halogens is 4. The van der Waals surface area contributed by atoms with E-state index in [0.29, 0.717) is 12.4 Å². The number of hydrogen-bond donors (Lipinski definition) is 1. The maximum absolute atomic E-state index is 14.5. The van der Waals surface area contributed by atoms with Gasteiger partial charge < -0.3 is 10.5 Å². The Morgan fingerprint density at radius 2 is 1.94 bits per heavy atom. The van der Waals surface area contributed by atoms with Gasteiger partial charge in [-0.3, -0.25) is 14.3 Å². The highest BCUT2D eigenvalue weighted by molar-refractivity contribution is 5.94. The van der Waals surface area contributed by atoms with E-state index >= 15 is 0 Å². The predicted octanol–water partition coefficient (Wildman–Crippen LogP) is 3.53. The van der Waals surface area contributed by atoms with Crippen molar-refractivity contribution in [1.82, 2.24) is 24.5 Å². The summed E-state index contributed by atoms with van der Waals surface area (Å²) in [5, 5.41) is 0. The predicted molar refractivity (Wildman–Crippen MR) is 105 cm³/mol. The van der Waals surface area contributed by atoms with Crippen LogP contribution in [0.1, 0.15) is 23.1 Å². The minimum atomic E-state index is -4.78. The quantitative estimate of drug-likeness (QED) is 0.470. The standard InChI is InChI=1S/C20H14F4N6O2/c1-2-32-10-3-4-14-12(7-10)29-19(20(22,23)24)30(14)15-9-27-13(8-28-15)17-16(21)11(18(25)31)5-6-26-17/h3-9H,2H2,1H3,(H2,25,31). The highest BCUT2D eigenvalue weighted by Gasteiger charge is 2.38.